The molecule has 0 saturated heterocycles. The predicted octanol–water partition coefficient (Wildman–Crippen LogP) is 3.74. The van der Waals surface area contributed by atoms with E-state index < -0.39 is 40.3 Å². The van der Waals surface area contributed by atoms with Crippen LogP contribution in [0, 0.1) is 0 Å². The zero-order chi connectivity index (χ0) is 28.4. The Hall–Kier alpha value is -3.06. The molecule has 0 saturated carbocycles. The van der Waals surface area contributed by atoms with Crippen molar-refractivity contribution in [2.45, 2.75) is 62.7 Å². The summed E-state index contributed by atoms with van der Waals surface area (Å²) in [6.07, 6.45) is -1.38. The Kier molecular flexibility index (Phi) is 11.2. The number of nitrogens with zero attached hydrogens (tertiary/aromatic N) is 2. The molecule has 12 heteroatoms. The van der Waals surface area contributed by atoms with Crippen molar-refractivity contribution in [2.75, 3.05) is 20.2 Å². The molecule has 1 amide bonds. The molecule has 2 aromatic carbocycles. The summed E-state index contributed by atoms with van der Waals surface area (Å²) >= 11 is 1.35. The van der Waals surface area contributed by atoms with Gasteiger partial charge in [-0.2, -0.15) is 4.31 Å². The zero-order valence-electron chi connectivity index (χ0n) is 22.3. The van der Waals surface area contributed by atoms with Crippen LogP contribution in [0.15, 0.2) is 58.9 Å². The molecule has 0 fully saturated rings. The number of nitrogens with one attached hydrogen (secondary N) is 1. The van der Waals surface area contributed by atoms with Crippen molar-refractivity contribution in [1.29, 1.82) is 0 Å². The Morgan fingerprint density at radius 3 is 2.62 bits per heavy atom. The van der Waals surface area contributed by atoms with Gasteiger partial charge in [-0.3, -0.25) is 4.79 Å². The van der Waals surface area contributed by atoms with Crippen LogP contribution < -0.4 is 5.32 Å². The minimum Gasteiger partial charge on any atom is -0.469 e. The molecule has 0 aliphatic carbocycles. The Bertz CT molecular complexity index is 1330. The lowest BCUT2D eigenvalue weighted by atomic mass is 10.0. The fourth-order valence-corrected chi connectivity index (χ4v) is 6.32. The van der Waals surface area contributed by atoms with E-state index in [0.717, 1.165) is 16.7 Å². The van der Waals surface area contributed by atoms with Crippen molar-refractivity contribution in [3.8, 4) is 0 Å². The lowest BCUT2D eigenvalue weighted by molar-refractivity contribution is -0.142. The zero-order valence-corrected chi connectivity index (χ0v) is 23.9. The maximum Gasteiger partial charge on any atom is 0.407 e. The van der Waals surface area contributed by atoms with Gasteiger partial charge in [-0.1, -0.05) is 43.7 Å². The number of aromatic nitrogens is 1. The second-order valence-electron chi connectivity index (χ2n) is 9.20. The van der Waals surface area contributed by atoms with E-state index in [1.165, 1.54) is 28.8 Å². The standard InChI is InChI=1S/C27H35N3O7S2/c1-4-5-13-30(39(34,35)21-11-12-22-25(16-21)38-18-28-22)17-24(31)23(15-20-9-7-6-8-10-20)29-27(33)37-19(2)14-26(32)36-3/h6-12,16,18-19,23-24,31H,4-5,13-15,17H2,1-3H3,(H,29,33)/t19-,23?,24+/m0/s1. The minimum absolute atomic E-state index is 0.117. The number of alkyl carbamates (subject to hydrolysis) is 1. The number of hydrogen-bond donors (Lipinski definition) is 2. The lowest BCUT2D eigenvalue weighted by Gasteiger charge is -2.30. The summed E-state index contributed by atoms with van der Waals surface area (Å²) in [5.74, 6) is -0.524. The molecule has 0 bridgehead atoms. The number of methoxy groups -OCH3 is 1. The van der Waals surface area contributed by atoms with Gasteiger partial charge in [-0.15, -0.1) is 11.3 Å². The number of aliphatic hydroxyl groups is 1. The first-order valence-corrected chi connectivity index (χ1v) is 15.0. The van der Waals surface area contributed by atoms with Crippen molar-refractivity contribution in [1.82, 2.24) is 14.6 Å². The molecule has 0 spiro atoms. The van der Waals surface area contributed by atoms with Crippen molar-refractivity contribution < 1.29 is 32.6 Å². The van der Waals surface area contributed by atoms with Gasteiger partial charge in [0.15, 0.2) is 0 Å². The van der Waals surface area contributed by atoms with E-state index in [0.29, 0.717) is 11.9 Å². The van der Waals surface area contributed by atoms with Crippen LogP contribution in [0.4, 0.5) is 4.79 Å². The van der Waals surface area contributed by atoms with Gasteiger partial charge in [-0.05, 0) is 43.5 Å². The van der Waals surface area contributed by atoms with E-state index in [4.69, 9.17) is 4.74 Å². The Morgan fingerprint density at radius 2 is 1.92 bits per heavy atom. The van der Waals surface area contributed by atoms with E-state index in [1.54, 1.807) is 24.6 Å². The van der Waals surface area contributed by atoms with Gasteiger partial charge in [0.2, 0.25) is 10.0 Å². The number of rotatable bonds is 14. The molecule has 1 aromatic heterocycles. The number of fused-ring (bicyclic) bond motifs is 1. The molecule has 1 unspecified atom stereocenters. The van der Waals surface area contributed by atoms with Crippen molar-refractivity contribution in [3.63, 3.8) is 0 Å². The van der Waals surface area contributed by atoms with Crippen LogP contribution in [0.25, 0.3) is 10.2 Å². The topological polar surface area (TPSA) is 135 Å². The molecule has 10 nitrogen and oxygen atoms in total. The van der Waals surface area contributed by atoms with Crippen molar-refractivity contribution in [3.05, 3.63) is 59.6 Å². The number of sulfonamides is 1. The summed E-state index contributed by atoms with van der Waals surface area (Å²) in [7, 11) is -2.71. The number of esters is 1. The van der Waals surface area contributed by atoms with Crippen LogP contribution in [-0.2, 0) is 30.7 Å². The summed E-state index contributed by atoms with van der Waals surface area (Å²) in [6.45, 7) is 3.47. The van der Waals surface area contributed by atoms with Gasteiger partial charge < -0.3 is 19.9 Å². The summed E-state index contributed by atoms with van der Waals surface area (Å²) in [6, 6.07) is 13.1. The molecular formula is C27H35N3O7S2. The maximum absolute atomic E-state index is 13.7. The van der Waals surface area contributed by atoms with Crippen LogP contribution in [0.5, 0.6) is 0 Å². The summed E-state index contributed by atoms with van der Waals surface area (Å²) in [5, 5.41) is 14.0. The highest BCUT2D eigenvalue weighted by Gasteiger charge is 2.31. The van der Waals surface area contributed by atoms with Crippen LogP contribution >= 0.6 is 11.3 Å². The smallest absolute Gasteiger partial charge is 0.407 e. The van der Waals surface area contributed by atoms with Crippen LogP contribution in [0.1, 0.15) is 38.7 Å². The van der Waals surface area contributed by atoms with E-state index >= 15 is 0 Å². The van der Waals surface area contributed by atoms with E-state index in [1.807, 2.05) is 37.3 Å². The highest BCUT2D eigenvalue weighted by atomic mass is 32.2. The van der Waals surface area contributed by atoms with Crippen LogP contribution in [0.2, 0.25) is 0 Å². The van der Waals surface area contributed by atoms with Gasteiger partial charge >= 0.3 is 12.1 Å². The van der Waals surface area contributed by atoms with Gasteiger partial charge in [-0.25, -0.2) is 18.2 Å². The van der Waals surface area contributed by atoms with E-state index in [-0.39, 0.29) is 30.8 Å². The highest BCUT2D eigenvalue weighted by molar-refractivity contribution is 7.89. The number of amides is 1. The summed E-state index contributed by atoms with van der Waals surface area (Å²) < 4.78 is 39.2. The number of unbranched alkanes of at least 4 members (excludes halogenated alkanes) is 1. The molecule has 3 atom stereocenters. The minimum atomic E-state index is -3.95. The average molecular weight is 578 g/mol. The normalized spacial score (nSPS) is 14.1. The third kappa shape index (κ3) is 8.72. The molecule has 212 valence electrons. The van der Waals surface area contributed by atoms with Gasteiger partial charge in [0.1, 0.15) is 6.10 Å². The first kappa shape index (κ1) is 30.5. The number of carbonyl (C=O) groups is 2. The maximum atomic E-state index is 13.7. The molecule has 0 aliphatic rings. The molecule has 2 N–H and O–H groups in total. The third-order valence-corrected chi connectivity index (χ3v) is 8.80. The number of thiazole rings is 1. The fraction of sp³-hybridized carbons (Fsp3) is 0.444. The number of benzene rings is 2. The van der Waals surface area contributed by atoms with Crippen LogP contribution in [0.3, 0.4) is 0 Å². The average Bonchev–Trinajstić information content (AvgIpc) is 3.39. The molecule has 0 radical (unpaired) electrons. The SMILES string of the molecule is CCCCN(C[C@@H](O)C(Cc1ccccc1)NC(=O)O[C@@H](C)CC(=O)OC)S(=O)(=O)c1ccc2ncsc2c1. The lowest BCUT2D eigenvalue weighted by Crippen LogP contribution is -2.51. The highest BCUT2D eigenvalue weighted by Crippen LogP contribution is 2.25. The fourth-order valence-electron chi connectivity index (χ4n) is 4.00. The second kappa shape index (κ2) is 14.4. The van der Waals surface area contributed by atoms with Gasteiger partial charge in [0.25, 0.3) is 0 Å². The van der Waals surface area contributed by atoms with Gasteiger partial charge in [0.05, 0.1) is 46.3 Å². The molecular weight excluding hydrogens is 542 g/mol. The first-order valence-electron chi connectivity index (χ1n) is 12.7. The van der Waals surface area contributed by atoms with Crippen LogP contribution in [-0.4, -0.2) is 73.3 Å². The van der Waals surface area contributed by atoms with E-state index in [9.17, 15) is 23.1 Å². The molecule has 3 rings (SSSR count). The molecule has 0 aliphatic heterocycles. The number of aliphatic hydroxyl groups excluding tert-OH is 1. The Morgan fingerprint density at radius 1 is 1.18 bits per heavy atom. The number of ether oxygens (including phenoxy) is 2. The third-order valence-electron chi connectivity index (χ3n) is 6.15. The quantitative estimate of drug-likeness (QED) is 0.277. The Labute approximate surface area is 233 Å². The molecule has 39 heavy (non-hydrogen) atoms. The summed E-state index contributed by atoms with van der Waals surface area (Å²) in [4.78, 5) is 28.5. The molecule has 3 aromatic rings. The van der Waals surface area contributed by atoms with E-state index in [2.05, 4.69) is 15.0 Å². The second-order valence-corrected chi connectivity index (χ2v) is 12.0. The monoisotopic (exact) mass is 577 g/mol. The largest absolute Gasteiger partial charge is 0.469 e. The number of carbonyl (C=O) groups excluding carboxylic acids is 2. The Balaban J connectivity index is 1.81. The van der Waals surface area contributed by atoms with Gasteiger partial charge in [0, 0.05) is 13.1 Å². The summed E-state index contributed by atoms with van der Waals surface area (Å²) in [5.41, 5.74) is 3.21. The first-order chi connectivity index (χ1) is 18.6. The predicted molar refractivity (Wildman–Crippen MR) is 149 cm³/mol. The van der Waals surface area contributed by atoms with Crippen molar-refractivity contribution in [2.24, 2.45) is 0 Å². The van der Waals surface area contributed by atoms with Crippen molar-refractivity contribution >= 4 is 43.6 Å². The number of hydrogen-bond acceptors (Lipinski definition) is 9. The molecule has 1 heterocycles.